The van der Waals surface area contributed by atoms with Crippen LogP contribution in [0.2, 0.25) is 0 Å². The molecule has 2 heterocycles. The van der Waals surface area contributed by atoms with E-state index < -0.39 is 0 Å². The highest BCUT2D eigenvalue weighted by Crippen LogP contribution is 2.19. The van der Waals surface area contributed by atoms with Gasteiger partial charge in [-0.3, -0.25) is 14.6 Å². The van der Waals surface area contributed by atoms with Crippen molar-refractivity contribution in [2.24, 2.45) is 0 Å². The van der Waals surface area contributed by atoms with E-state index in [0.717, 1.165) is 5.56 Å². The third-order valence-corrected chi connectivity index (χ3v) is 3.44. The van der Waals surface area contributed by atoms with E-state index in [0.29, 0.717) is 17.9 Å². The Morgan fingerprint density at radius 2 is 1.60 bits per heavy atom. The molecule has 0 spiro atoms. The highest BCUT2D eigenvalue weighted by molar-refractivity contribution is 5.94. The molecule has 126 valence electrons. The summed E-state index contributed by atoms with van der Waals surface area (Å²) in [6, 6.07) is 14.2. The fraction of sp³-hybridized carbons (Fsp3) is 0.111. The minimum absolute atomic E-state index is 0.194. The lowest BCUT2D eigenvalue weighted by molar-refractivity contribution is 0.0922. The van der Waals surface area contributed by atoms with Crippen LogP contribution in [0.4, 0.5) is 0 Å². The Morgan fingerprint density at radius 1 is 0.920 bits per heavy atom. The average molecular weight is 336 g/mol. The predicted molar refractivity (Wildman–Crippen MR) is 90.8 cm³/mol. The van der Waals surface area contributed by atoms with Gasteiger partial charge in [-0.05, 0) is 12.1 Å². The van der Waals surface area contributed by atoms with Gasteiger partial charge in [-0.2, -0.15) is 0 Å². The van der Waals surface area contributed by atoms with Gasteiger partial charge >= 0.3 is 0 Å². The van der Waals surface area contributed by atoms with Crippen LogP contribution >= 0.6 is 0 Å². The van der Waals surface area contributed by atoms with Crippen molar-refractivity contribution in [3.8, 4) is 11.3 Å². The van der Waals surface area contributed by atoms with E-state index in [-0.39, 0.29) is 24.1 Å². The molecule has 7 heteroatoms. The van der Waals surface area contributed by atoms with Gasteiger partial charge in [0.15, 0.2) is 11.5 Å². The summed E-state index contributed by atoms with van der Waals surface area (Å²) in [7, 11) is 0. The molecule has 2 aromatic heterocycles. The van der Waals surface area contributed by atoms with Crippen LogP contribution in [-0.4, -0.2) is 35.0 Å². The van der Waals surface area contributed by atoms with Crippen LogP contribution in [0.1, 0.15) is 20.8 Å². The number of pyridine rings is 1. The van der Waals surface area contributed by atoms with Gasteiger partial charge in [-0.25, -0.2) is 0 Å². The molecule has 0 aliphatic rings. The first-order valence-electron chi connectivity index (χ1n) is 7.72. The fourth-order valence-electron chi connectivity index (χ4n) is 2.17. The molecule has 0 unspecified atom stereocenters. The largest absolute Gasteiger partial charge is 0.355 e. The summed E-state index contributed by atoms with van der Waals surface area (Å²) >= 11 is 0. The zero-order valence-corrected chi connectivity index (χ0v) is 13.3. The van der Waals surface area contributed by atoms with Gasteiger partial charge < -0.3 is 15.2 Å². The SMILES string of the molecule is O=C(NCCNC(=O)c1cc(-c2ccccc2)on1)c1ccncc1. The lowest BCUT2D eigenvalue weighted by atomic mass is 10.1. The van der Waals surface area contributed by atoms with Crippen molar-refractivity contribution in [1.82, 2.24) is 20.8 Å². The number of nitrogens with one attached hydrogen (secondary N) is 2. The minimum atomic E-state index is -0.357. The number of carbonyl (C=O) groups is 2. The molecule has 0 saturated heterocycles. The van der Waals surface area contributed by atoms with Crippen molar-refractivity contribution in [3.05, 3.63) is 72.2 Å². The summed E-state index contributed by atoms with van der Waals surface area (Å²) in [5.41, 5.74) is 1.56. The molecule has 0 radical (unpaired) electrons. The van der Waals surface area contributed by atoms with E-state index in [1.807, 2.05) is 30.3 Å². The highest BCUT2D eigenvalue weighted by Gasteiger charge is 2.13. The topological polar surface area (TPSA) is 97.1 Å². The molecule has 0 atom stereocenters. The summed E-state index contributed by atoms with van der Waals surface area (Å²) < 4.78 is 5.19. The van der Waals surface area contributed by atoms with Crippen molar-refractivity contribution in [1.29, 1.82) is 0 Å². The Balaban J connectivity index is 1.47. The smallest absolute Gasteiger partial charge is 0.273 e. The van der Waals surface area contributed by atoms with Crippen molar-refractivity contribution in [2.45, 2.75) is 0 Å². The maximum atomic E-state index is 12.0. The molecular formula is C18H16N4O3. The molecule has 1 aromatic carbocycles. The molecule has 0 fully saturated rings. The van der Waals surface area contributed by atoms with Gasteiger partial charge in [0.25, 0.3) is 11.8 Å². The van der Waals surface area contributed by atoms with Gasteiger partial charge in [0.2, 0.25) is 0 Å². The lowest BCUT2D eigenvalue weighted by Crippen LogP contribution is -2.34. The number of hydrogen-bond acceptors (Lipinski definition) is 5. The van der Waals surface area contributed by atoms with Gasteiger partial charge in [0.1, 0.15) is 0 Å². The van der Waals surface area contributed by atoms with Crippen molar-refractivity contribution in [2.75, 3.05) is 13.1 Å². The van der Waals surface area contributed by atoms with Crippen LogP contribution in [0, 0.1) is 0 Å². The first kappa shape index (κ1) is 16.4. The normalized spacial score (nSPS) is 10.2. The summed E-state index contributed by atoms with van der Waals surface area (Å²) in [5.74, 6) is -0.0507. The molecule has 0 saturated carbocycles. The Morgan fingerprint density at radius 3 is 2.32 bits per heavy atom. The second-order valence-electron chi connectivity index (χ2n) is 5.19. The Labute approximate surface area is 144 Å². The number of benzene rings is 1. The molecule has 2 N–H and O–H groups in total. The number of carbonyl (C=O) groups excluding carboxylic acids is 2. The highest BCUT2D eigenvalue weighted by atomic mass is 16.5. The summed E-state index contributed by atoms with van der Waals surface area (Å²) in [6.45, 7) is 0.583. The van der Waals surface area contributed by atoms with E-state index in [2.05, 4.69) is 20.8 Å². The van der Waals surface area contributed by atoms with Gasteiger partial charge in [0.05, 0.1) is 0 Å². The van der Waals surface area contributed by atoms with Crippen LogP contribution in [0.5, 0.6) is 0 Å². The van der Waals surface area contributed by atoms with Crippen LogP contribution in [0.3, 0.4) is 0 Å². The maximum Gasteiger partial charge on any atom is 0.273 e. The second kappa shape index (κ2) is 7.87. The van der Waals surface area contributed by atoms with E-state index >= 15 is 0 Å². The first-order valence-corrected chi connectivity index (χ1v) is 7.72. The summed E-state index contributed by atoms with van der Waals surface area (Å²) in [6.07, 6.45) is 3.09. The molecular weight excluding hydrogens is 320 g/mol. The minimum Gasteiger partial charge on any atom is -0.355 e. The Kier molecular flexibility index (Phi) is 5.16. The van der Waals surface area contributed by atoms with Gasteiger partial charge in [-0.15, -0.1) is 0 Å². The molecule has 3 aromatic rings. The number of hydrogen-bond donors (Lipinski definition) is 2. The third-order valence-electron chi connectivity index (χ3n) is 3.44. The zero-order valence-electron chi connectivity index (χ0n) is 13.3. The van der Waals surface area contributed by atoms with Crippen molar-refractivity contribution < 1.29 is 14.1 Å². The number of aromatic nitrogens is 2. The number of amides is 2. The quantitative estimate of drug-likeness (QED) is 0.670. The zero-order chi connectivity index (χ0) is 17.5. The standard InChI is InChI=1S/C18H16N4O3/c23-17(14-6-8-19-9-7-14)20-10-11-21-18(24)15-12-16(25-22-15)13-4-2-1-3-5-13/h1-9,12H,10-11H2,(H,20,23)(H,21,24). The molecule has 0 aliphatic heterocycles. The molecule has 0 aliphatic carbocycles. The van der Waals surface area contributed by atoms with E-state index in [9.17, 15) is 9.59 Å². The predicted octanol–water partition coefficient (Wildman–Crippen LogP) is 1.90. The van der Waals surface area contributed by atoms with Gasteiger partial charge in [-0.1, -0.05) is 35.5 Å². The van der Waals surface area contributed by atoms with Crippen LogP contribution < -0.4 is 10.6 Å². The third kappa shape index (κ3) is 4.29. The maximum absolute atomic E-state index is 12.0. The Hall–Kier alpha value is -3.48. The monoisotopic (exact) mass is 336 g/mol. The second-order valence-corrected chi connectivity index (χ2v) is 5.19. The van der Waals surface area contributed by atoms with Crippen LogP contribution in [-0.2, 0) is 0 Å². The fourth-order valence-corrected chi connectivity index (χ4v) is 2.17. The number of rotatable bonds is 6. The molecule has 2 amide bonds. The van der Waals surface area contributed by atoms with Crippen LogP contribution in [0.25, 0.3) is 11.3 Å². The van der Waals surface area contributed by atoms with E-state index in [1.165, 1.54) is 0 Å². The average Bonchev–Trinajstić information content (AvgIpc) is 3.16. The van der Waals surface area contributed by atoms with E-state index in [4.69, 9.17) is 4.52 Å². The van der Waals surface area contributed by atoms with Crippen molar-refractivity contribution >= 4 is 11.8 Å². The lowest BCUT2D eigenvalue weighted by Gasteiger charge is -2.05. The molecule has 0 bridgehead atoms. The van der Waals surface area contributed by atoms with Gasteiger partial charge in [0, 0.05) is 42.7 Å². The summed E-state index contributed by atoms with van der Waals surface area (Å²) in [4.78, 5) is 27.7. The molecule has 7 nitrogen and oxygen atoms in total. The first-order chi connectivity index (χ1) is 12.2. The van der Waals surface area contributed by atoms with Crippen molar-refractivity contribution in [3.63, 3.8) is 0 Å². The summed E-state index contributed by atoms with van der Waals surface area (Å²) in [5, 5.41) is 9.17. The molecule has 3 rings (SSSR count). The molecule has 25 heavy (non-hydrogen) atoms. The van der Waals surface area contributed by atoms with E-state index in [1.54, 1.807) is 30.6 Å². The Bertz CT molecular complexity index is 847. The number of nitrogens with zero attached hydrogens (tertiary/aromatic N) is 2. The van der Waals surface area contributed by atoms with Crippen LogP contribution in [0.15, 0.2) is 65.4 Å².